The molecule has 1 heterocycles. The van der Waals surface area contributed by atoms with Crippen LogP contribution < -0.4 is 0 Å². The third kappa shape index (κ3) is 3.09. The van der Waals surface area contributed by atoms with Gasteiger partial charge in [-0.2, -0.15) is 0 Å². The molecule has 1 rings (SSSR count). The summed E-state index contributed by atoms with van der Waals surface area (Å²) in [5, 5.41) is 0. The van der Waals surface area contributed by atoms with Crippen LogP contribution in [0.4, 0.5) is 4.79 Å². The average molecular weight is 183 g/mol. The quantitative estimate of drug-likeness (QED) is 0.613. The summed E-state index contributed by atoms with van der Waals surface area (Å²) in [5.74, 6) is 0.602. The molecule has 1 saturated heterocycles. The fourth-order valence-electron chi connectivity index (χ4n) is 1.58. The summed E-state index contributed by atoms with van der Waals surface area (Å²) in [6.45, 7) is 7.63. The van der Waals surface area contributed by atoms with Crippen LogP contribution in [0.5, 0.6) is 0 Å². The monoisotopic (exact) mass is 183 g/mol. The molecule has 1 unspecified atom stereocenters. The van der Waals surface area contributed by atoms with Crippen molar-refractivity contribution >= 4 is 6.09 Å². The SMILES string of the molecule is C=CCOC(=O)N1CCCC(C)C1. The van der Waals surface area contributed by atoms with E-state index in [1.807, 2.05) is 0 Å². The van der Waals surface area contributed by atoms with Gasteiger partial charge in [-0.15, -0.1) is 0 Å². The van der Waals surface area contributed by atoms with Crippen LogP contribution in [0, 0.1) is 5.92 Å². The summed E-state index contributed by atoms with van der Waals surface area (Å²) in [6.07, 6.45) is 3.69. The number of carbonyl (C=O) groups is 1. The lowest BCUT2D eigenvalue weighted by Gasteiger charge is -2.29. The minimum Gasteiger partial charge on any atom is -0.445 e. The Hall–Kier alpha value is -0.990. The molecule has 3 heteroatoms. The van der Waals surface area contributed by atoms with Crippen LogP contribution in [0.25, 0.3) is 0 Å². The van der Waals surface area contributed by atoms with Gasteiger partial charge in [-0.1, -0.05) is 19.6 Å². The van der Waals surface area contributed by atoms with Crippen molar-refractivity contribution in [3.63, 3.8) is 0 Å². The Morgan fingerprint density at radius 3 is 3.15 bits per heavy atom. The van der Waals surface area contributed by atoms with Crippen molar-refractivity contribution in [2.75, 3.05) is 19.7 Å². The molecule has 1 amide bonds. The van der Waals surface area contributed by atoms with Gasteiger partial charge in [-0.25, -0.2) is 4.79 Å². The van der Waals surface area contributed by atoms with E-state index in [9.17, 15) is 4.79 Å². The molecule has 0 radical (unpaired) electrons. The molecule has 0 bridgehead atoms. The Bertz CT molecular complexity index is 191. The van der Waals surface area contributed by atoms with Crippen LogP contribution in [0.3, 0.4) is 0 Å². The first-order valence-corrected chi connectivity index (χ1v) is 4.76. The highest BCUT2D eigenvalue weighted by atomic mass is 16.6. The number of likely N-dealkylation sites (tertiary alicyclic amines) is 1. The fourth-order valence-corrected chi connectivity index (χ4v) is 1.58. The van der Waals surface area contributed by atoms with Crippen LogP contribution in [0.2, 0.25) is 0 Å². The highest BCUT2D eigenvalue weighted by molar-refractivity contribution is 5.67. The fraction of sp³-hybridized carbons (Fsp3) is 0.700. The summed E-state index contributed by atoms with van der Waals surface area (Å²) in [6, 6.07) is 0. The molecule has 0 aliphatic carbocycles. The maximum atomic E-state index is 11.4. The molecular weight excluding hydrogens is 166 g/mol. The van der Waals surface area contributed by atoms with E-state index in [4.69, 9.17) is 4.74 Å². The molecule has 0 spiro atoms. The third-order valence-corrected chi connectivity index (χ3v) is 2.24. The summed E-state index contributed by atoms with van der Waals surface area (Å²) < 4.78 is 4.95. The number of rotatable bonds is 2. The summed E-state index contributed by atoms with van der Waals surface area (Å²) in [4.78, 5) is 13.1. The molecule has 0 N–H and O–H groups in total. The van der Waals surface area contributed by atoms with Crippen molar-refractivity contribution in [2.24, 2.45) is 5.92 Å². The van der Waals surface area contributed by atoms with Crippen LogP contribution in [-0.4, -0.2) is 30.7 Å². The van der Waals surface area contributed by atoms with Crippen molar-refractivity contribution in [3.05, 3.63) is 12.7 Å². The van der Waals surface area contributed by atoms with E-state index in [2.05, 4.69) is 13.5 Å². The van der Waals surface area contributed by atoms with E-state index in [-0.39, 0.29) is 6.09 Å². The van der Waals surface area contributed by atoms with Gasteiger partial charge in [0.2, 0.25) is 0 Å². The second-order valence-corrected chi connectivity index (χ2v) is 3.56. The molecule has 1 aliphatic rings. The van der Waals surface area contributed by atoms with Crippen LogP contribution in [0.1, 0.15) is 19.8 Å². The lowest BCUT2D eigenvalue weighted by molar-refractivity contribution is 0.0949. The minimum absolute atomic E-state index is 0.202. The number of nitrogens with zero attached hydrogens (tertiary/aromatic N) is 1. The Labute approximate surface area is 79.4 Å². The van der Waals surface area contributed by atoms with E-state index < -0.39 is 0 Å². The molecule has 1 atom stereocenters. The van der Waals surface area contributed by atoms with E-state index in [0.29, 0.717) is 12.5 Å². The first-order chi connectivity index (χ1) is 6.24. The van der Waals surface area contributed by atoms with Crippen LogP contribution >= 0.6 is 0 Å². The molecule has 13 heavy (non-hydrogen) atoms. The Balaban J connectivity index is 2.32. The van der Waals surface area contributed by atoms with Gasteiger partial charge in [0.1, 0.15) is 6.61 Å². The maximum absolute atomic E-state index is 11.4. The lowest BCUT2D eigenvalue weighted by Crippen LogP contribution is -2.39. The largest absolute Gasteiger partial charge is 0.445 e. The molecule has 0 saturated carbocycles. The zero-order valence-corrected chi connectivity index (χ0v) is 8.16. The Morgan fingerprint density at radius 2 is 2.54 bits per heavy atom. The van der Waals surface area contributed by atoms with Crippen molar-refractivity contribution in [2.45, 2.75) is 19.8 Å². The van der Waals surface area contributed by atoms with Crippen molar-refractivity contribution in [1.29, 1.82) is 0 Å². The molecule has 3 nitrogen and oxygen atoms in total. The number of hydrogen-bond acceptors (Lipinski definition) is 2. The zero-order chi connectivity index (χ0) is 9.68. The standard InChI is InChI=1S/C10H17NO2/c1-3-7-13-10(12)11-6-4-5-9(2)8-11/h3,9H,1,4-8H2,2H3. The zero-order valence-electron chi connectivity index (χ0n) is 8.16. The van der Waals surface area contributed by atoms with Crippen molar-refractivity contribution in [3.8, 4) is 0 Å². The summed E-state index contributed by atoms with van der Waals surface area (Å²) in [7, 11) is 0. The molecular formula is C10H17NO2. The molecule has 1 aliphatic heterocycles. The number of piperidine rings is 1. The van der Waals surface area contributed by atoms with Gasteiger partial charge >= 0.3 is 6.09 Å². The van der Waals surface area contributed by atoms with Crippen molar-refractivity contribution < 1.29 is 9.53 Å². The first kappa shape index (κ1) is 10.1. The Morgan fingerprint density at radius 1 is 1.77 bits per heavy atom. The lowest BCUT2D eigenvalue weighted by atomic mass is 10.0. The number of amides is 1. The third-order valence-electron chi connectivity index (χ3n) is 2.24. The van der Waals surface area contributed by atoms with Gasteiger partial charge in [-0.05, 0) is 18.8 Å². The van der Waals surface area contributed by atoms with Crippen LogP contribution in [0.15, 0.2) is 12.7 Å². The Kier molecular flexibility index (Phi) is 3.80. The van der Waals surface area contributed by atoms with Gasteiger partial charge < -0.3 is 9.64 Å². The second-order valence-electron chi connectivity index (χ2n) is 3.56. The maximum Gasteiger partial charge on any atom is 0.410 e. The van der Waals surface area contributed by atoms with Gasteiger partial charge in [0, 0.05) is 13.1 Å². The summed E-state index contributed by atoms with van der Waals surface area (Å²) in [5.41, 5.74) is 0. The first-order valence-electron chi connectivity index (χ1n) is 4.76. The predicted molar refractivity (Wildman–Crippen MR) is 51.5 cm³/mol. The second kappa shape index (κ2) is 4.90. The number of hydrogen-bond donors (Lipinski definition) is 0. The van der Waals surface area contributed by atoms with E-state index in [0.717, 1.165) is 19.5 Å². The number of carbonyl (C=O) groups excluding carboxylic acids is 1. The van der Waals surface area contributed by atoms with Gasteiger partial charge in [0.05, 0.1) is 0 Å². The van der Waals surface area contributed by atoms with E-state index >= 15 is 0 Å². The predicted octanol–water partition coefficient (Wildman–Crippen LogP) is 2.04. The highest BCUT2D eigenvalue weighted by Gasteiger charge is 2.21. The molecule has 74 valence electrons. The van der Waals surface area contributed by atoms with Crippen molar-refractivity contribution in [1.82, 2.24) is 4.90 Å². The van der Waals surface area contributed by atoms with Gasteiger partial charge in [0.25, 0.3) is 0 Å². The van der Waals surface area contributed by atoms with E-state index in [1.54, 1.807) is 11.0 Å². The van der Waals surface area contributed by atoms with Gasteiger partial charge in [0.15, 0.2) is 0 Å². The molecule has 1 fully saturated rings. The smallest absolute Gasteiger partial charge is 0.410 e. The van der Waals surface area contributed by atoms with E-state index in [1.165, 1.54) is 6.42 Å². The van der Waals surface area contributed by atoms with Gasteiger partial charge in [-0.3, -0.25) is 0 Å². The molecule has 0 aromatic rings. The average Bonchev–Trinajstić information content (AvgIpc) is 2.14. The molecule has 0 aromatic heterocycles. The topological polar surface area (TPSA) is 29.5 Å². The minimum atomic E-state index is -0.202. The normalized spacial score (nSPS) is 22.5. The molecule has 0 aromatic carbocycles. The number of ether oxygens (including phenoxy) is 1. The summed E-state index contributed by atoms with van der Waals surface area (Å²) >= 11 is 0. The highest BCUT2D eigenvalue weighted by Crippen LogP contribution is 2.15. The van der Waals surface area contributed by atoms with Crippen LogP contribution in [-0.2, 0) is 4.74 Å².